The van der Waals surface area contributed by atoms with Gasteiger partial charge in [-0.15, -0.1) is 0 Å². The number of rotatable bonds is 7. The lowest BCUT2D eigenvalue weighted by Gasteiger charge is -2.36. The lowest BCUT2D eigenvalue weighted by molar-refractivity contribution is -0.137. The summed E-state index contributed by atoms with van der Waals surface area (Å²) >= 11 is 0. The van der Waals surface area contributed by atoms with Crippen LogP contribution < -0.4 is 10.4 Å². The minimum Gasteiger partial charge on any atom is -0.399 e. The van der Waals surface area contributed by atoms with E-state index in [2.05, 4.69) is 9.88 Å². The first-order valence-electron chi connectivity index (χ1n) is 10.5. The van der Waals surface area contributed by atoms with Crippen LogP contribution in [0.1, 0.15) is 33.3 Å². The molecule has 0 atom stereocenters. The number of halogens is 3. The molecule has 11 heteroatoms. The van der Waals surface area contributed by atoms with Crippen molar-refractivity contribution in [2.75, 3.05) is 57.4 Å². The van der Waals surface area contributed by atoms with Crippen LogP contribution in [0, 0.1) is 0 Å². The largest absolute Gasteiger partial charge is 0.496 e. The summed E-state index contributed by atoms with van der Waals surface area (Å²) in [6, 6.07) is 1.10. The average molecular weight is 445 g/mol. The van der Waals surface area contributed by atoms with E-state index in [1.165, 1.54) is 6.20 Å². The van der Waals surface area contributed by atoms with Crippen LogP contribution in [0.3, 0.4) is 0 Å². The zero-order valence-corrected chi connectivity index (χ0v) is 18.5. The van der Waals surface area contributed by atoms with Gasteiger partial charge in [0.1, 0.15) is 5.82 Å². The molecule has 1 aromatic heterocycles. The van der Waals surface area contributed by atoms with Crippen LogP contribution in [-0.4, -0.2) is 85.9 Å². The predicted molar refractivity (Wildman–Crippen MR) is 112 cm³/mol. The Labute approximate surface area is 181 Å². The van der Waals surface area contributed by atoms with Crippen LogP contribution >= 0.6 is 0 Å². The number of aliphatic hydroxyl groups is 1. The quantitative estimate of drug-likeness (QED) is 0.505. The summed E-state index contributed by atoms with van der Waals surface area (Å²) in [5.74, 6) is -0.0658. The van der Waals surface area contributed by atoms with Crippen LogP contribution in [0.4, 0.5) is 19.0 Å². The second kappa shape index (κ2) is 9.23. The molecule has 0 unspecified atom stereocenters. The standard InChI is InChI=1S/C20H31BF3N3O4/c1-18(2)19(3,4)31-21(30-18)15-13-16(20(22,23)24)17(25-14-15)27-7-5-26(6-8-27)9-11-29-12-10-28/h13-14,28H,5-12H2,1-4H3. The summed E-state index contributed by atoms with van der Waals surface area (Å²) < 4.78 is 58.7. The number of alkyl halides is 3. The number of aliphatic hydroxyl groups excluding tert-OH is 1. The number of aromatic nitrogens is 1. The van der Waals surface area contributed by atoms with E-state index in [1.807, 2.05) is 27.7 Å². The van der Waals surface area contributed by atoms with Gasteiger partial charge in [-0.1, -0.05) is 0 Å². The number of hydrogen-bond donors (Lipinski definition) is 1. The highest BCUT2D eigenvalue weighted by molar-refractivity contribution is 6.62. The maximum absolute atomic E-state index is 13.9. The third kappa shape index (κ3) is 5.51. The Bertz CT molecular complexity index is 740. The molecule has 2 fully saturated rings. The lowest BCUT2D eigenvalue weighted by atomic mass is 9.79. The molecule has 0 amide bonds. The maximum atomic E-state index is 13.9. The van der Waals surface area contributed by atoms with Crippen molar-refractivity contribution in [1.29, 1.82) is 0 Å². The number of pyridine rings is 1. The summed E-state index contributed by atoms with van der Waals surface area (Å²) in [4.78, 5) is 7.99. The lowest BCUT2D eigenvalue weighted by Crippen LogP contribution is -2.48. The zero-order valence-electron chi connectivity index (χ0n) is 18.5. The minimum atomic E-state index is -4.54. The first kappa shape index (κ1) is 24.3. The normalized spacial score (nSPS) is 21.7. The molecular weight excluding hydrogens is 414 g/mol. The highest BCUT2D eigenvalue weighted by Crippen LogP contribution is 2.38. The molecule has 0 spiro atoms. The highest BCUT2D eigenvalue weighted by atomic mass is 19.4. The van der Waals surface area contributed by atoms with Crippen molar-refractivity contribution >= 4 is 18.4 Å². The van der Waals surface area contributed by atoms with Gasteiger partial charge in [0.25, 0.3) is 0 Å². The summed E-state index contributed by atoms with van der Waals surface area (Å²) in [5.41, 5.74) is -1.81. The van der Waals surface area contributed by atoms with E-state index in [4.69, 9.17) is 19.2 Å². The van der Waals surface area contributed by atoms with Gasteiger partial charge in [-0.2, -0.15) is 13.2 Å². The molecule has 3 rings (SSSR count). The number of hydrogen-bond acceptors (Lipinski definition) is 7. The smallest absolute Gasteiger partial charge is 0.399 e. The molecule has 174 valence electrons. The third-order valence-corrected chi connectivity index (χ3v) is 6.18. The molecule has 7 nitrogen and oxygen atoms in total. The van der Waals surface area contributed by atoms with Crippen molar-refractivity contribution < 1.29 is 32.3 Å². The fourth-order valence-electron chi connectivity index (χ4n) is 3.59. The topological polar surface area (TPSA) is 67.3 Å². The van der Waals surface area contributed by atoms with Crippen molar-refractivity contribution in [3.05, 3.63) is 17.8 Å². The Balaban J connectivity index is 1.72. The summed E-state index contributed by atoms with van der Waals surface area (Å²) in [6.45, 7) is 10.9. The number of nitrogens with zero attached hydrogens (tertiary/aromatic N) is 3. The van der Waals surface area contributed by atoms with Crippen LogP contribution in [0.2, 0.25) is 0 Å². The Kier molecular flexibility index (Phi) is 7.22. The van der Waals surface area contributed by atoms with Gasteiger partial charge in [0.2, 0.25) is 0 Å². The number of ether oxygens (including phenoxy) is 1. The van der Waals surface area contributed by atoms with E-state index in [1.54, 1.807) is 4.90 Å². The molecule has 0 aromatic carbocycles. The minimum absolute atomic E-state index is 0.0262. The average Bonchev–Trinajstić information content (AvgIpc) is 2.92. The molecule has 2 saturated heterocycles. The van der Waals surface area contributed by atoms with Crippen LogP contribution in [0.25, 0.3) is 0 Å². The predicted octanol–water partition coefficient (Wildman–Crippen LogP) is 1.53. The molecule has 0 radical (unpaired) electrons. The van der Waals surface area contributed by atoms with Gasteiger partial charge in [0.05, 0.1) is 36.6 Å². The van der Waals surface area contributed by atoms with E-state index in [0.29, 0.717) is 39.3 Å². The molecule has 1 aromatic rings. The van der Waals surface area contributed by atoms with Crippen molar-refractivity contribution in [2.45, 2.75) is 45.1 Å². The number of piperazine rings is 1. The molecule has 1 N–H and O–H groups in total. The SMILES string of the molecule is CC1(C)OB(c2cnc(N3CCN(CCOCCO)CC3)c(C(F)(F)F)c2)OC1(C)C. The van der Waals surface area contributed by atoms with Gasteiger partial charge in [-0.05, 0) is 33.8 Å². The van der Waals surface area contributed by atoms with Crippen LogP contribution in [0.5, 0.6) is 0 Å². The Morgan fingerprint density at radius 2 is 1.71 bits per heavy atom. The van der Waals surface area contributed by atoms with E-state index < -0.39 is 30.1 Å². The van der Waals surface area contributed by atoms with Crippen molar-refractivity contribution in [3.8, 4) is 0 Å². The maximum Gasteiger partial charge on any atom is 0.496 e. The van der Waals surface area contributed by atoms with Crippen molar-refractivity contribution in [1.82, 2.24) is 9.88 Å². The molecular formula is C20H31BF3N3O4. The van der Waals surface area contributed by atoms with Gasteiger partial charge in [0, 0.05) is 44.4 Å². The van der Waals surface area contributed by atoms with Gasteiger partial charge < -0.3 is 24.1 Å². The summed E-state index contributed by atoms with van der Waals surface area (Å²) in [6.07, 6.45) is -3.13. The van der Waals surface area contributed by atoms with Crippen LogP contribution in [0.15, 0.2) is 12.3 Å². The second-order valence-corrected chi connectivity index (χ2v) is 8.89. The Morgan fingerprint density at radius 3 is 2.26 bits per heavy atom. The first-order valence-corrected chi connectivity index (χ1v) is 10.5. The number of anilines is 1. The highest BCUT2D eigenvalue weighted by Gasteiger charge is 2.52. The first-order chi connectivity index (χ1) is 14.4. The fourth-order valence-corrected chi connectivity index (χ4v) is 3.59. The van der Waals surface area contributed by atoms with E-state index in [-0.39, 0.29) is 24.5 Å². The zero-order chi connectivity index (χ0) is 22.9. The molecule has 0 saturated carbocycles. The third-order valence-electron chi connectivity index (χ3n) is 6.18. The molecule has 2 aliphatic heterocycles. The van der Waals surface area contributed by atoms with Crippen molar-refractivity contribution in [2.24, 2.45) is 0 Å². The van der Waals surface area contributed by atoms with Gasteiger partial charge in [-0.25, -0.2) is 4.98 Å². The van der Waals surface area contributed by atoms with E-state index in [0.717, 1.165) is 6.07 Å². The molecule has 3 heterocycles. The van der Waals surface area contributed by atoms with Gasteiger partial charge in [-0.3, -0.25) is 4.90 Å². The monoisotopic (exact) mass is 445 g/mol. The summed E-state index contributed by atoms with van der Waals surface area (Å²) in [5, 5.41) is 8.74. The van der Waals surface area contributed by atoms with Crippen LogP contribution in [-0.2, 0) is 20.2 Å². The fraction of sp³-hybridized carbons (Fsp3) is 0.750. The molecule has 0 bridgehead atoms. The Morgan fingerprint density at radius 1 is 1.10 bits per heavy atom. The van der Waals surface area contributed by atoms with E-state index >= 15 is 0 Å². The van der Waals surface area contributed by atoms with Gasteiger partial charge >= 0.3 is 13.3 Å². The van der Waals surface area contributed by atoms with E-state index in [9.17, 15) is 13.2 Å². The molecule has 2 aliphatic rings. The van der Waals surface area contributed by atoms with Gasteiger partial charge in [0.15, 0.2) is 0 Å². The van der Waals surface area contributed by atoms with Crippen molar-refractivity contribution in [3.63, 3.8) is 0 Å². The Hall–Kier alpha value is -1.40. The molecule has 0 aliphatic carbocycles. The second-order valence-electron chi connectivity index (χ2n) is 8.89. The summed E-state index contributed by atoms with van der Waals surface area (Å²) in [7, 11) is -0.900. The molecule has 31 heavy (non-hydrogen) atoms.